The third kappa shape index (κ3) is 7.81. The SMILES string of the molecule is CC1=C(/C=C/C(C)=C/C=C/C(C)=C/C(=O)Nc2ccc(O)c(C(F)(F)F)c2)C(C)(C)CCC1. The Morgan fingerprint density at radius 2 is 1.85 bits per heavy atom. The van der Waals surface area contributed by atoms with Gasteiger partial charge >= 0.3 is 6.18 Å². The molecule has 0 unspecified atom stereocenters. The Labute approximate surface area is 194 Å². The van der Waals surface area contributed by atoms with Crippen LogP contribution in [-0.4, -0.2) is 11.0 Å². The molecule has 0 spiro atoms. The molecule has 1 aliphatic rings. The maximum Gasteiger partial charge on any atom is 0.420 e. The molecule has 178 valence electrons. The van der Waals surface area contributed by atoms with Crippen molar-refractivity contribution in [3.8, 4) is 5.75 Å². The van der Waals surface area contributed by atoms with Crippen molar-refractivity contribution >= 4 is 11.6 Å². The fourth-order valence-electron chi connectivity index (χ4n) is 3.91. The van der Waals surface area contributed by atoms with Crippen LogP contribution < -0.4 is 5.32 Å². The maximum absolute atomic E-state index is 12.9. The average molecular weight is 460 g/mol. The summed E-state index contributed by atoms with van der Waals surface area (Å²) in [5.74, 6) is -1.44. The molecule has 0 aliphatic heterocycles. The molecular formula is C27H32F3NO2. The number of carbonyl (C=O) groups excluding carboxylic acids is 1. The van der Waals surface area contributed by atoms with Gasteiger partial charge in [0.25, 0.3) is 0 Å². The summed E-state index contributed by atoms with van der Waals surface area (Å²) in [6, 6.07) is 2.82. The van der Waals surface area contributed by atoms with Crippen LogP contribution >= 0.6 is 0 Å². The zero-order valence-electron chi connectivity index (χ0n) is 19.8. The highest BCUT2D eigenvalue weighted by Crippen LogP contribution is 2.41. The summed E-state index contributed by atoms with van der Waals surface area (Å²) in [5, 5.41) is 11.8. The first kappa shape index (κ1) is 26.2. The minimum atomic E-state index is -4.71. The van der Waals surface area contributed by atoms with E-state index in [0.29, 0.717) is 11.6 Å². The first-order valence-corrected chi connectivity index (χ1v) is 10.9. The number of hydrogen-bond donors (Lipinski definition) is 2. The molecule has 0 aromatic heterocycles. The van der Waals surface area contributed by atoms with Crippen LogP contribution in [0.4, 0.5) is 18.9 Å². The van der Waals surface area contributed by atoms with Crippen molar-refractivity contribution in [1.82, 2.24) is 0 Å². The van der Waals surface area contributed by atoms with E-state index >= 15 is 0 Å². The lowest BCUT2D eigenvalue weighted by atomic mass is 9.72. The van der Waals surface area contributed by atoms with Crippen molar-refractivity contribution in [2.75, 3.05) is 5.32 Å². The average Bonchev–Trinajstić information content (AvgIpc) is 2.67. The Kier molecular flexibility index (Phi) is 8.53. The van der Waals surface area contributed by atoms with Gasteiger partial charge in [0.2, 0.25) is 5.91 Å². The van der Waals surface area contributed by atoms with Crippen molar-refractivity contribution < 1.29 is 23.1 Å². The van der Waals surface area contributed by atoms with Gasteiger partial charge in [-0.15, -0.1) is 0 Å². The standard InChI is InChI=1S/C27H32F3NO2/c1-18(11-13-22-20(3)10-7-15-26(22,4)5)8-6-9-19(2)16-25(33)31-21-12-14-24(32)23(17-21)27(28,29)30/h6,8-9,11-14,16-17,32H,7,10,15H2,1-5H3,(H,31,33)/b9-6+,13-11+,18-8+,19-16+. The summed E-state index contributed by atoms with van der Waals surface area (Å²) in [7, 11) is 0. The fraction of sp³-hybridized carbons (Fsp3) is 0.370. The van der Waals surface area contributed by atoms with E-state index in [2.05, 4.69) is 38.2 Å². The zero-order chi connectivity index (χ0) is 24.8. The highest BCUT2D eigenvalue weighted by atomic mass is 19.4. The normalized spacial score (nSPS) is 17.8. The number of phenols is 1. The van der Waals surface area contributed by atoms with E-state index < -0.39 is 23.4 Å². The molecule has 33 heavy (non-hydrogen) atoms. The molecule has 1 amide bonds. The summed E-state index contributed by atoms with van der Waals surface area (Å²) >= 11 is 0. The topological polar surface area (TPSA) is 49.3 Å². The number of rotatable bonds is 6. The molecule has 6 heteroatoms. The van der Waals surface area contributed by atoms with E-state index in [0.717, 1.165) is 18.1 Å². The van der Waals surface area contributed by atoms with Crippen molar-refractivity contribution in [1.29, 1.82) is 0 Å². The lowest BCUT2D eigenvalue weighted by molar-refractivity contribution is -0.138. The van der Waals surface area contributed by atoms with Gasteiger partial charge in [0.1, 0.15) is 5.75 Å². The lowest BCUT2D eigenvalue weighted by Gasteiger charge is -2.32. The largest absolute Gasteiger partial charge is 0.507 e. The third-order valence-corrected chi connectivity index (χ3v) is 5.70. The summed E-state index contributed by atoms with van der Waals surface area (Å²) in [6.07, 6.45) is 9.94. The van der Waals surface area contributed by atoms with Gasteiger partial charge in [-0.25, -0.2) is 0 Å². The molecule has 0 bridgehead atoms. The Morgan fingerprint density at radius 3 is 2.48 bits per heavy atom. The van der Waals surface area contributed by atoms with Crippen molar-refractivity contribution in [3.05, 3.63) is 82.5 Å². The van der Waals surface area contributed by atoms with E-state index in [-0.39, 0.29) is 11.1 Å². The van der Waals surface area contributed by atoms with Gasteiger partial charge in [-0.05, 0) is 74.8 Å². The lowest BCUT2D eigenvalue weighted by Crippen LogP contribution is -2.19. The van der Waals surface area contributed by atoms with Crippen molar-refractivity contribution in [3.63, 3.8) is 0 Å². The number of benzene rings is 1. The van der Waals surface area contributed by atoms with Crippen LogP contribution in [0.25, 0.3) is 0 Å². The van der Waals surface area contributed by atoms with Crippen LogP contribution in [0.1, 0.15) is 59.4 Å². The van der Waals surface area contributed by atoms with Gasteiger partial charge in [0.05, 0.1) is 5.56 Å². The number of halogens is 3. The predicted octanol–water partition coefficient (Wildman–Crippen LogP) is 7.88. The molecule has 0 heterocycles. The molecule has 3 nitrogen and oxygen atoms in total. The molecule has 1 aliphatic carbocycles. The Morgan fingerprint density at radius 1 is 1.15 bits per heavy atom. The summed E-state index contributed by atoms with van der Waals surface area (Å²) in [4.78, 5) is 12.1. The van der Waals surface area contributed by atoms with Crippen LogP contribution in [-0.2, 0) is 11.0 Å². The molecule has 0 fully saturated rings. The maximum atomic E-state index is 12.9. The Bertz CT molecular complexity index is 1040. The van der Waals surface area contributed by atoms with E-state index in [9.17, 15) is 23.1 Å². The number of allylic oxidation sites excluding steroid dienone is 9. The van der Waals surface area contributed by atoms with Gasteiger partial charge in [0, 0.05) is 11.8 Å². The molecule has 0 saturated heterocycles. The molecule has 0 radical (unpaired) electrons. The molecule has 0 atom stereocenters. The minimum absolute atomic E-state index is 0.0470. The van der Waals surface area contributed by atoms with Gasteiger partial charge in [0.15, 0.2) is 0 Å². The van der Waals surface area contributed by atoms with Gasteiger partial charge in [-0.2, -0.15) is 13.2 Å². The van der Waals surface area contributed by atoms with Gasteiger partial charge < -0.3 is 10.4 Å². The number of carbonyl (C=O) groups is 1. The molecular weight excluding hydrogens is 427 g/mol. The van der Waals surface area contributed by atoms with Crippen molar-refractivity contribution in [2.45, 2.75) is 60.1 Å². The Balaban J connectivity index is 2.02. The quantitative estimate of drug-likeness (QED) is 0.258. The highest BCUT2D eigenvalue weighted by molar-refractivity contribution is 6.00. The first-order valence-electron chi connectivity index (χ1n) is 10.9. The number of anilines is 1. The minimum Gasteiger partial charge on any atom is -0.507 e. The van der Waals surface area contributed by atoms with E-state index in [1.807, 2.05) is 19.1 Å². The van der Waals surface area contributed by atoms with Crippen LogP contribution in [0.3, 0.4) is 0 Å². The highest BCUT2D eigenvalue weighted by Gasteiger charge is 2.34. The molecule has 2 N–H and O–H groups in total. The second kappa shape index (κ2) is 10.7. The second-order valence-corrected chi connectivity index (χ2v) is 9.14. The summed E-state index contributed by atoms with van der Waals surface area (Å²) in [6.45, 7) is 10.5. The van der Waals surface area contributed by atoms with Crippen molar-refractivity contribution in [2.24, 2.45) is 5.41 Å². The molecule has 1 aromatic rings. The van der Waals surface area contributed by atoms with Gasteiger partial charge in [-0.3, -0.25) is 4.79 Å². The first-order chi connectivity index (χ1) is 15.3. The number of hydrogen-bond acceptors (Lipinski definition) is 2. The van der Waals surface area contributed by atoms with Crippen LogP contribution in [0.15, 0.2) is 76.9 Å². The van der Waals surface area contributed by atoms with Crippen LogP contribution in [0.2, 0.25) is 0 Å². The number of amides is 1. The monoisotopic (exact) mass is 459 g/mol. The van der Waals surface area contributed by atoms with Gasteiger partial charge in [-0.1, -0.05) is 55.4 Å². The zero-order valence-corrected chi connectivity index (χ0v) is 19.8. The third-order valence-electron chi connectivity index (χ3n) is 5.70. The number of nitrogens with one attached hydrogen (secondary N) is 1. The molecule has 2 rings (SSSR count). The molecule has 1 aromatic carbocycles. The van der Waals surface area contributed by atoms with E-state index in [1.165, 1.54) is 36.1 Å². The number of alkyl halides is 3. The second-order valence-electron chi connectivity index (χ2n) is 9.14. The van der Waals surface area contributed by atoms with E-state index in [1.54, 1.807) is 13.0 Å². The smallest absolute Gasteiger partial charge is 0.420 e. The Hall–Kier alpha value is -3.02. The fourth-order valence-corrected chi connectivity index (χ4v) is 3.91. The van der Waals surface area contributed by atoms with Crippen LogP contribution in [0, 0.1) is 5.41 Å². The molecule has 0 saturated carbocycles. The van der Waals surface area contributed by atoms with Crippen LogP contribution in [0.5, 0.6) is 5.75 Å². The number of phenolic OH excluding ortho intramolecular Hbond substituents is 1. The number of aromatic hydroxyl groups is 1. The van der Waals surface area contributed by atoms with E-state index in [4.69, 9.17) is 0 Å². The summed E-state index contributed by atoms with van der Waals surface area (Å²) in [5.41, 5.74) is 3.47. The summed E-state index contributed by atoms with van der Waals surface area (Å²) < 4.78 is 38.7. The predicted molar refractivity (Wildman–Crippen MR) is 128 cm³/mol.